The zero-order valence-corrected chi connectivity index (χ0v) is 15.3. The molecule has 0 spiro atoms. The van der Waals surface area contributed by atoms with Crippen molar-refractivity contribution in [2.24, 2.45) is 0 Å². The second-order valence-electron chi connectivity index (χ2n) is 7.46. The first-order valence-corrected chi connectivity index (χ1v) is 9.51. The summed E-state index contributed by atoms with van der Waals surface area (Å²) >= 11 is 0. The van der Waals surface area contributed by atoms with Crippen molar-refractivity contribution in [1.29, 1.82) is 0 Å². The fourth-order valence-corrected chi connectivity index (χ4v) is 4.11. The SMILES string of the molecule is C=CCCCCC1(O)CC2COCC(C1)N2C(=O)OCc1ccccc1. The molecule has 2 atom stereocenters. The van der Waals surface area contributed by atoms with Crippen LogP contribution in [0.5, 0.6) is 0 Å². The van der Waals surface area contributed by atoms with Gasteiger partial charge in [-0.1, -0.05) is 42.8 Å². The summed E-state index contributed by atoms with van der Waals surface area (Å²) in [4.78, 5) is 14.4. The Balaban J connectivity index is 1.57. The number of allylic oxidation sites excluding steroid dienone is 1. The molecule has 2 saturated heterocycles. The highest BCUT2D eigenvalue weighted by Gasteiger charge is 2.48. The molecule has 2 aliphatic rings. The fraction of sp³-hybridized carbons (Fsp3) is 0.571. The van der Waals surface area contributed by atoms with E-state index in [1.807, 2.05) is 36.4 Å². The molecule has 142 valence electrons. The number of hydrogen-bond acceptors (Lipinski definition) is 4. The molecule has 1 amide bonds. The van der Waals surface area contributed by atoms with Gasteiger partial charge in [0.05, 0.1) is 30.9 Å². The lowest BCUT2D eigenvalue weighted by Crippen LogP contribution is -2.63. The predicted octanol–water partition coefficient (Wildman–Crippen LogP) is 3.66. The van der Waals surface area contributed by atoms with Crippen molar-refractivity contribution in [2.45, 2.75) is 62.8 Å². The molecule has 0 aliphatic carbocycles. The number of aliphatic hydroxyl groups is 1. The summed E-state index contributed by atoms with van der Waals surface area (Å²) < 4.78 is 11.2. The molecule has 1 aromatic carbocycles. The summed E-state index contributed by atoms with van der Waals surface area (Å²) in [6.07, 6.45) is 6.47. The molecule has 0 aromatic heterocycles. The summed E-state index contributed by atoms with van der Waals surface area (Å²) in [5, 5.41) is 11.0. The van der Waals surface area contributed by atoms with Gasteiger partial charge in [0.15, 0.2) is 0 Å². The van der Waals surface area contributed by atoms with Crippen LogP contribution in [0, 0.1) is 0 Å². The number of hydrogen-bond donors (Lipinski definition) is 1. The molecular weight excluding hydrogens is 330 g/mol. The van der Waals surface area contributed by atoms with E-state index in [0.717, 1.165) is 31.2 Å². The van der Waals surface area contributed by atoms with Crippen molar-refractivity contribution >= 4 is 6.09 Å². The first kappa shape index (κ1) is 18.9. The van der Waals surface area contributed by atoms with E-state index < -0.39 is 5.60 Å². The molecule has 2 fully saturated rings. The van der Waals surface area contributed by atoms with Crippen LogP contribution in [0.4, 0.5) is 4.79 Å². The Morgan fingerprint density at radius 2 is 1.96 bits per heavy atom. The van der Waals surface area contributed by atoms with Crippen molar-refractivity contribution < 1.29 is 19.4 Å². The third-order valence-corrected chi connectivity index (χ3v) is 5.35. The number of morpholine rings is 1. The molecule has 2 unspecified atom stereocenters. The molecule has 5 heteroatoms. The lowest BCUT2D eigenvalue weighted by Gasteiger charge is -2.51. The van der Waals surface area contributed by atoms with Crippen LogP contribution in [-0.2, 0) is 16.1 Å². The summed E-state index contributed by atoms with van der Waals surface area (Å²) in [6.45, 7) is 4.93. The normalized spacial score (nSPS) is 27.8. The minimum Gasteiger partial charge on any atom is -0.445 e. The first-order chi connectivity index (χ1) is 12.6. The van der Waals surface area contributed by atoms with E-state index in [2.05, 4.69) is 6.58 Å². The Morgan fingerprint density at radius 3 is 2.62 bits per heavy atom. The molecule has 2 bridgehead atoms. The summed E-state index contributed by atoms with van der Waals surface area (Å²) in [7, 11) is 0. The van der Waals surface area contributed by atoms with Crippen LogP contribution in [0.3, 0.4) is 0 Å². The van der Waals surface area contributed by atoms with Gasteiger partial charge in [0.25, 0.3) is 0 Å². The van der Waals surface area contributed by atoms with Crippen LogP contribution in [0.1, 0.15) is 44.1 Å². The van der Waals surface area contributed by atoms with Gasteiger partial charge in [0, 0.05) is 0 Å². The van der Waals surface area contributed by atoms with Gasteiger partial charge in [-0.25, -0.2) is 4.79 Å². The molecule has 3 rings (SSSR count). The predicted molar refractivity (Wildman–Crippen MR) is 99.7 cm³/mol. The minimum atomic E-state index is -0.712. The Kier molecular flexibility index (Phi) is 6.33. The van der Waals surface area contributed by atoms with Gasteiger partial charge in [-0.2, -0.15) is 0 Å². The molecule has 2 heterocycles. The maximum atomic E-state index is 12.7. The highest BCUT2D eigenvalue weighted by atomic mass is 16.6. The Hall–Kier alpha value is -1.85. The van der Waals surface area contributed by atoms with Crippen molar-refractivity contribution in [2.75, 3.05) is 13.2 Å². The number of unbranched alkanes of at least 4 members (excludes halogenated alkanes) is 2. The highest BCUT2D eigenvalue weighted by Crippen LogP contribution is 2.38. The van der Waals surface area contributed by atoms with Crippen LogP contribution < -0.4 is 0 Å². The van der Waals surface area contributed by atoms with Crippen LogP contribution in [-0.4, -0.2) is 47.0 Å². The summed E-state index contributed by atoms with van der Waals surface area (Å²) in [6, 6.07) is 9.45. The van der Waals surface area contributed by atoms with E-state index in [-0.39, 0.29) is 24.8 Å². The Labute approximate surface area is 155 Å². The number of amides is 1. The smallest absolute Gasteiger partial charge is 0.410 e. The summed E-state index contributed by atoms with van der Waals surface area (Å²) in [5.41, 5.74) is 0.259. The number of rotatable bonds is 7. The van der Waals surface area contributed by atoms with Crippen molar-refractivity contribution in [3.05, 3.63) is 48.6 Å². The third kappa shape index (κ3) is 4.65. The molecule has 1 aromatic rings. The lowest BCUT2D eigenvalue weighted by molar-refractivity contribution is -0.136. The maximum absolute atomic E-state index is 12.7. The van der Waals surface area contributed by atoms with Crippen LogP contribution in [0.25, 0.3) is 0 Å². The highest BCUT2D eigenvalue weighted by molar-refractivity contribution is 5.69. The van der Waals surface area contributed by atoms with Crippen molar-refractivity contribution in [3.8, 4) is 0 Å². The third-order valence-electron chi connectivity index (χ3n) is 5.35. The number of carbonyl (C=O) groups excluding carboxylic acids is 1. The van der Waals surface area contributed by atoms with Crippen molar-refractivity contribution in [1.82, 2.24) is 4.90 Å². The van der Waals surface area contributed by atoms with Crippen molar-refractivity contribution in [3.63, 3.8) is 0 Å². The summed E-state index contributed by atoms with van der Waals surface area (Å²) in [5.74, 6) is 0. The van der Waals surface area contributed by atoms with E-state index in [4.69, 9.17) is 9.47 Å². The van der Waals surface area contributed by atoms with Gasteiger partial charge in [-0.05, 0) is 37.7 Å². The average Bonchev–Trinajstić information content (AvgIpc) is 2.63. The number of ether oxygens (including phenoxy) is 2. The zero-order valence-electron chi connectivity index (χ0n) is 15.3. The maximum Gasteiger partial charge on any atom is 0.410 e. The first-order valence-electron chi connectivity index (χ1n) is 9.51. The second-order valence-corrected chi connectivity index (χ2v) is 7.46. The topological polar surface area (TPSA) is 59.0 Å². The number of benzene rings is 1. The van der Waals surface area contributed by atoms with Gasteiger partial charge in [0.2, 0.25) is 0 Å². The average molecular weight is 359 g/mol. The molecular formula is C21H29NO4. The molecule has 2 aliphatic heterocycles. The quantitative estimate of drug-likeness (QED) is 0.596. The van der Waals surface area contributed by atoms with Gasteiger partial charge in [-0.3, -0.25) is 4.90 Å². The van der Waals surface area contributed by atoms with Gasteiger partial charge in [-0.15, -0.1) is 6.58 Å². The van der Waals surface area contributed by atoms with Gasteiger partial charge >= 0.3 is 6.09 Å². The fourth-order valence-electron chi connectivity index (χ4n) is 4.11. The number of nitrogens with zero attached hydrogens (tertiary/aromatic N) is 1. The van der Waals surface area contributed by atoms with Gasteiger partial charge in [0.1, 0.15) is 6.61 Å². The van der Waals surface area contributed by atoms with E-state index in [1.54, 1.807) is 4.90 Å². The minimum absolute atomic E-state index is 0.116. The largest absolute Gasteiger partial charge is 0.445 e. The Bertz CT molecular complexity index is 589. The van der Waals surface area contributed by atoms with E-state index in [9.17, 15) is 9.90 Å². The van der Waals surface area contributed by atoms with Crippen LogP contribution in [0.15, 0.2) is 43.0 Å². The second kappa shape index (κ2) is 8.69. The molecule has 0 radical (unpaired) electrons. The van der Waals surface area contributed by atoms with Gasteiger partial charge < -0.3 is 14.6 Å². The molecule has 5 nitrogen and oxygen atoms in total. The molecule has 26 heavy (non-hydrogen) atoms. The number of piperidine rings is 1. The zero-order chi connectivity index (χ0) is 18.4. The lowest BCUT2D eigenvalue weighted by atomic mass is 9.78. The number of carbonyl (C=O) groups is 1. The van der Waals surface area contributed by atoms with E-state index in [0.29, 0.717) is 26.1 Å². The molecule has 0 saturated carbocycles. The standard InChI is InChI=1S/C21H29NO4/c1-2-3-4-8-11-21(24)12-18-15-25-16-19(13-21)22(18)20(23)26-14-17-9-6-5-7-10-17/h2,5-7,9-10,18-19,24H,1,3-4,8,11-16H2. The molecule has 1 N–H and O–H groups in total. The van der Waals surface area contributed by atoms with Crippen LogP contribution in [0.2, 0.25) is 0 Å². The number of fused-ring (bicyclic) bond motifs is 2. The Morgan fingerprint density at radius 1 is 1.27 bits per heavy atom. The monoisotopic (exact) mass is 359 g/mol. The van der Waals surface area contributed by atoms with E-state index >= 15 is 0 Å². The van der Waals surface area contributed by atoms with Crippen LogP contribution >= 0.6 is 0 Å². The van der Waals surface area contributed by atoms with E-state index in [1.165, 1.54) is 0 Å².